The first-order valence-electron chi connectivity index (χ1n) is 9.98. The second-order valence-corrected chi connectivity index (χ2v) is 9.25. The summed E-state index contributed by atoms with van der Waals surface area (Å²) in [7, 11) is 0. The summed E-state index contributed by atoms with van der Waals surface area (Å²) in [5, 5.41) is 13.1. The van der Waals surface area contributed by atoms with Crippen LogP contribution in [0, 0.1) is 0 Å². The van der Waals surface area contributed by atoms with E-state index in [1.807, 2.05) is 23.2 Å². The molecule has 0 unspecified atom stereocenters. The van der Waals surface area contributed by atoms with Crippen LogP contribution in [0.5, 0.6) is 0 Å². The molecule has 31 heavy (non-hydrogen) atoms. The van der Waals surface area contributed by atoms with Gasteiger partial charge in [-0.2, -0.15) is 0 Å². The fourth-order valence-electron chi connectivity index (χ4n) is 4.56. The summed E-state index contributed by atoms with van der Waals surface area (Å²) in [5.74, 6) is 0. The summed E-state index contributed by atoms with van der Waals surface area (Å²) in [4.78, 5) is 9.13. The molecule has 0 aliphatic carbocycles. The number of nitrogens with zero attached hydrogens (tertiary/aromatic N) is 2. The molecule has 0 bridgehead atoms. The van der Waals surface area contributed by atoms with Gasteiger partial charge in [0.2, 0.25) is 0 Å². The van der Waals surface area contributed by atoms with E-state index in [1.165, 1.54) is 21.5 Å². The van der Waals surface area contributed by atoms with E-state index in [4.69, 9.17) is 4.42 Å². The lowest BCUT2D eigenvalue weighted by atomic mass is 9.95. The minimum atomic E-state index is 0.889. The highest BCUT2D eigenvalue weighted by atomic mass is 32.1. The number of thiazole rings is 2. The van der Waals surface area contributed by atoms with Gasteiger partial charge in [-0.05, 0) is 33.7 Å². The number of furan rings is 1. The molecule has 3 aromatic heterocycles. The molecule has 0 spiro atoms. The molecular formula is C26H14N2OS2. The Morgan fingerprint density at radius 2 is 1.03 bits per heavy atom. The average Bonchev–Trinajstić information content (AvgIpc) is 3.58. The molecular weight excluding hydrogens is 420 g/mol. The van der Waals surface area contributed by atoms with Gasteiger partial charge in [0.1, 0.15) is 21.2 Å². The summed E-state index contributed by atoms with van der Waals surface area (Å²) in [6.07, 6.45) is 3.71. The van der Waals surface area contributed by atoms with Crippen molar-refractivity contribution in [1.29, 1.82) is 0 Å². The van der Waals surface area contributed by atoms with Gasteiger partial charge < -0.3 is 4.42 Å². The molecule has 0 saturated heterocycles. The van der Waals surface area contributed by atoms with E-state index in [1.54, 1.807) is 22.7 Å². The number of hydrogen-bond acceptors (Lipinski definition) is 5. The van der Waals surface area contributed by atoms with E-state index in [9.17, 15) is 0 Å². The Kier molecular flexibility index (Phi) is 3.59. The quantitative estimate of drug-likeness (QED) is 0.276. The zero-order valence-electron chi connectivity index (χ0n) is 16.2. The SMILES string of the molecule is c1ccc2c(c1)c(-c1nccs1)cc1oc3cc(-c4nccs4)c4ccccc4c3c12. The van der Waals surface area contributed by atoms with E-state index in [-0.39, 0.29) is 0 Å². The number of rotatable bonds is 2. The van der Waals surface area contributed by atoms with Gasteiger partial charge in [0, 0.05) is 45.1 Å². The van der Waals surface area contributed by atoms with E-state index in [2.05, 4.69) is 70.6 Å². The Balaban J connectivity index is 1.71. The molecule has 146 valence electrons. The first-order chi connectivity index (χ1) is 15.4. The lowest BCUT2D eigenvalue weighted by molar-refractivity contribution is 0.670. The van der Waals surface area contributed by atoms with Crippen LogP contribution < -0.4 is 0 Å². The Hall–Kier alpha value is -3.54. The maximum absolute atomic E-state index is 6.50. The number of aromatic nitrogens is 2. The van der Waals surface area contributed by atoms with Crippen molar-refractivity contribution in [2.75, 3.05) is 0 Å². The summed E-state index contributed by atoms with van der Waals surface area (Å²) >= 11 is 3.30. The van der Waals surface area contributed by atoms with Gasteiger partial charge in [0.15, 0.2) is 0 Å². The predicted octanol–water partition coefficient (Wildman–Crippen LogP) is 8.14. The van der Waals surface area contributed by atoms with Crippen LogP contribution in [-0.4, -0.2) is 9.97 Å². The van der Waals surface area contributed by atoms with Gasteiger partial charge in [0.05, 0.1) is 0 Å². The first-order valence-corrected chi connectivity index (χ1v) is 11.7. The normalized spacial score (nSPS) is 11.9. The molecule has 0 atom stereocenters. The Morgan fingerprint density at radius 3 is 1.45 bits per heavy atom. The molecule has 3 heterocycles. The molecule has 4 aromatic carbocycles. The van der Waals surface area contributed by atoms with Gasteiger partial charge in [-0.15, -0.1) is 22.7 Å². The Morgan fingerprint density at radius 1 is 0.581 bits per heavy atom. The second kappa shape index (κ2) is 6.48. The van der Waals surface area contributed by atoms with Crippen molar-refractivity contribution in [2.45, 2.75) is 0 Å². The maximum Gasteiger partial charge on any atom is 0.136 e. The monoisotopic (exact) mass is 434 g/mol. The van der Waals surface area contributed by atoms with Crippen molar-refractivity contribution in [1.82, 2.24) is 9.97 Å². The fraction of sp³-hybridized carbons (Fsp3) is 0. The molecule has 0 amide bonds. The lowest BCUT2D eigenvalue weighted by Gasteiger charge is -2.07. The van der Waals surface area contributed by atoms with Gasteiger partial charge in [-0.1, -0.05) is 48.5 Å². The Bertz CT molecular complexity index is 1600. The molecule has 0 saturated carbocycles. The van der Waals surface area contributed by atoms with Crippen LogP contribution in [-0.2, 0) is 0 Å². The van der Waals surface area contributed by atoms with Crippen molar-refractivity contribution in [2.24, 2.45) is 0 Å². The minimum Gasteiger partial charge on any atom is -0.456 e. The van der Waals surface area contributed by atoms with Gasteiger partial charge >= 0.3 is 0 Å². The average molecular weight is 435 g/mol. The van der Waals surface area contributed by atoms with Crippen LogP contribution in [0.1, 0.15) is 0 Å². The number of benzene rings is 4. The summed E-state index contributed by atoms with van der Waals surface area (Å²) in [6.45, 7) is 0. The molecule has 0 N–H and O–H groups in total. The molecule has 3 nitrogen and oxygen atoms in total. The molecule has 0 aliphatic heterocycles. The van der Waals surface area contributed by atoms with Crippen LogP contribution in [0.4, 0.5) is 0 Å². The standard InChI is InChI=1S/C26H14N2OS2/c1-3-7-17-15(5-1)19(25-27-9-11-30-25)13-21-23(17)24-18-8-4-2-6-16(18)20(14-22(24)29-21)26-28-10-12-31-26/h1-14H. The zero-order valence-corrected chi connectivity index (χ0v) is 17.8. The van der Waals surface area contributed by atoms with E-state index < -0.39 is 0 Å². The zero-order chi connectivity index (χ0) is 20.4. The van der Waals surface area contributed by atoms with Gasteiger partial charge in [-0.25, -0.2) is 9.97 Å². The Labute approximate surface area is 185 Å². The molecule has 0 radical (unpaired) electrons. The van der Waals surface area contributed by atoms with E-state index in [0.29, 0.717) is 0 Å². The predicted molar refractivity (Wildman–Crippen MR) is 131 cm³/mol. The highest BCUT2D eigenvalue weighted by Gasteiger charge is 2.19. The van der Waals surface area contributed by atoms with Crippen LogP contribution >= 0.6 is 22.7 Å². The highest BCUT2D eigenvalue weighted by molar-refractivity contribution is 7.13. The first kappa shape index (κ1) is 17.2. The molecule has 7 aromatic rings. The fourth-order valence-corrected chi connectivity index (χ4v) is 5.90. The lowest BCUT2D eigenvalue weighted by Crippen LogP contribution is -1.84. The summed E-state index contributed by atoms with van der Waals surface area (Å²) in [6, 6.07) is 21.4. The van der Waals surface area contributed by atoms with E-state index >= 15 is 0 Å². The van der Waals surface area contributed by atoms with Crippen molar-refractivity contribution in [3.05, 3.63) is 83.8 Å². The third-order valence-electron chi connectivity index (χ3n) is 5.81. The topological polar surface area (TPSA) is 38.9 Å². The third-order valence-corrected chi connectivity index (χ3v) is 7.42. The van der Waals surface area contributed by atoms with Crippen LogP contribution in [0.2, 0.25) is 0 Å². The van der Waals surface area contributed by atoms with E-state index in [0.717, 1.165) is 43.1 Å². The number of fused-ring (bicyclic) bond motifs is 7. The summed E-state index contributed by atoms with van der Waals surface area (Å²) < 4.78 is 6.50. The molecule has 7 rings (SSSR count). The smallest absolute Gasteiger partial charge is 0.136 e. The van der Waals surface area contributed by atoms with Crippen LogP contribution in [0.25, 0.3) is 64.6 Å². The van der Waals surface area contributed by atoms with Crippen LogP contribution in [0.15, 0.2) is 88.2 Å². The van der Waals surface area contributed by atoms with Crippen molar-refractivity contribution < 1.29 is 4.42 Å². The van der Waals surface area contributed by atoms with Gasteiger partial charge in [-0.3, -0.25) is 0 Å². The highest BCUT2D eigenvalue weighted by Crippen LogP contribution is 2.45. The van der Waals surface area contributed by atoms with Crippen LogP contribution in [0.3, 0.4) is 0 Å². The second-order valence-electron chi connectivity index (χ2n) is 7.46. The maximum atomic E-state index is 6.50. The molecule has 0 fully saturated rings. The third kappa shape index (κ3) is 2.45. The van der Waals surface area contributed by atoms with Crippen molar-refractivity contribution >= 4 is 66.2 Å². The van der Waals surface area contributed by atoms with Crippen molar-refractivity contribution in [3.8, 4) is 21.1 Å². The molecule has 5 heteroatoms. The van der Waals surface area contributed by atoms with Crippen molar-refractivity contribution in [3.63, 3.8) is 0 Å². The van der Waals surface area contributed by atoms with Gasteiger partial charge in [0.25, 0.3) is 0 Å². The minimum absolute atomic E-state index is 0.889. The summed E-state index contributed by atoms with van der Waals surface area (Å²) in [5.41, 5.74) is 4.00. The largest absolute Gasteiger partial charge is 0.456 e. The molecule has 0 aliphatic rings. The number of hydrogen-bond donors (Lipinski definition) is 0.